The summed E-state index contributed by atoms with van der Waals surface area (Å²) in [6.45, 7) is 5.17. The van der Waals surface area contributed by atoms with Crippen molar-refractivity contribution in [1.82, 2.24) is 9.55 Å². The lowest BCUT2D eigenvalue weighted by molar-refractivity contribution is -0.137. The predicted octanol–water partition coefficient (Wildman–Crippen LogP) is 3.48. The molecule has 0 amide bonds. The van der Waals surface area contributed by atoms with E-state index in [2.05, 4.69) is 16.7 Å². The Balaban J connectivity index is 2.24. The van der Waals surface area contributed by atoms with E-state index in [1.807, 2.05) is 13.0 Å². The minimum absolute atomic E-state index is 0.0159. The third-order valence-electron chi connectivity index (χ3n) is 4.36. The summed E-state index contributed by atoms with van der Waals surface area (Å²) in [5, 5.41) is 10.1. The van der Waals surface area contributed by atoms with Crippen LogP contribution in [0.25, 0.3) is 10.9 Å². The molecular formula is C18H16IN3O4S. The summed E-state index contributed by atoms with van der Waals surface area (Å²) >= 11 is 1.37. The van der Waals surface area contributed by atoms with Gasteiger partial charge in [0.15, 0.2) is 5.03 Å². The smallest absolute Gasteiger partial charge is 0.323 e. The molecule has 9 heteroatoms. The molecule has 7 nitrogen and oxygen atoms in total. The Morgan fingerprint density at radius 2 is 2.11 bits per heavy atom. The molecule has 0 fully saturated rings. The second kappa shape index (κ2) is 7.39. The molecule has 0 aliphatic heterocycles. The first-order valence-corrected chi connectivity index (χ1v) is 11.9. The van der Waals surface area contributed by atoms with Gasteiger partial charge in [0.25, 0.3) is 0 Å². The Morgan fingerprint density at radius 1 is 1.37 bits per heavy atom. The third kappa shape index (κ3) is 3.88. The van der Waals surface area contributed by atoms with Gasteiger partial charge in [-0.2, -0.15) is 0 Å². The third-order valence-corrected chi connectivity index (χ3v) is 6.44. The van der Waals surface area contributed by atoms with Gasteiger partial charge in [-0.25, -0.2) is 13.4 Å². The molecule has 1 aromatic carbocycles. The van der Waals surface area contributed by atoms with E-state index in [-0.39, 0.29) is 11.6 Å². The molecule has 3 rings (SSSR count). The van der Waals surface area contributed by atoms with E-state index in [9.17, 15) is 18.3 Å². The summed E-state index contributed by atoms with van der Waals surface area (Å²) in [4.78, 5) is 19.3. The number of carboxylic acids is 1. The molecule has 0 saturated heterocycles. The van der Waals surface area contributed by atoms with Crippen molar-refractivity contribution in [2.24, 2.45) is 4.99 Å². The fourth-order valence-electron chi connectivity index (χ4n) is 3.17. The van der Waals surface area contributed by atoms with Gasteiger partial charge >= 0.3 is 5.97 Å². The lowest BCUT2D eigenvalue weighted by atomic mass is 10.0. The summed E-state index contributed by atoms with van der Waals surface area (Å²) in [5.74, 6) is -0.954. The standard InChI is InChI=1S/C18H16IN3O4S/c1-11-14(8-12-4-3-7-21-18(12)27(19,25)26)15-9-13(20-2)5-6-16(15)22(11)10-17(23)24/h3-7,9H,2,8,10H2,1H3,(H,23,24). The predicted molar refractivity (Wildman–Crippen MR) is 112 cm³/mol. The highest BCUT2D eigenvalue weighted by Crippen LogP contribution is 2.32. The molecule has 140 valence electrons. The number of carbonyl (C=O) groups is 1. The lowest BCUT2D eigenvalue weighted by Gasteiger charge is -2.08. The Bertz CT molecular complexity index is 1170. The van der Waals surface area contributed by atoms with Crippen LogP contribution in [-0.2, 0) is 24.8 Å². The number of carboxylic acid groups (broad SMARTS) is 1. The molecule has 0 aliphatic rings. The Kier molecular flexibility index (Phi) is 5.33. The Morgan fingerprint density at radius 3 is 2.74 bits per heavy atom. The van der Waals surface area contributed by atoms with E-state index in [0.717, 1.165) is 22.2 Å². The number of fused-ring (bicyclic) bond motifs is 1. The maximum absolute atomic E-state index is 12.1. The molecule has 2 heterocycles. The zero-order valence-corrected chi connectivity index (χ0v) is 17.4. The molecule has 0 saturated carbocycles. The average molecular weight is 497 g/mol. The summed E-state index contributed by atoms with van der Waals surface area (Å²) in [7, 11) is -3.52. The van der Waals surface area contributed by atoms with Crippen LogP contribution in [0.1, 0.15) is 16.8 Å². The van der Waals surface area contributed by atoms with E-state index >= 15 is 0 Å². The first-order chi connectivity index (χ1) is 12.7. The number of aliphatic imine (C=N–C) groups is 1. The van der Waals surface area contributed by atoms with Gasteiger partial charge in [-0.05, 0) is 49.0 Å². The van der Waals surface area contributed by atoms with Crippen molar-refractivity contribution in [3.05, 3.63) is 53.3 Å². The monoisotopic (exact) mass is 497 g/mol. The number of benzene rings is 1. The molecular weight excluding hydrogens is 481 g/mol. The maximum Gasteiger partial charge on any atom is 0.323 e. The molecule has 27 heavy (non-hydrogen) atoms. The zero-order valence-electron chi connectivity index (χ0n) is 14.4. The van der Waals surface area contributed by atoms with Crippen LogP contribution in [0.4, 0.5) is 5.69 Å². The molecule has 0 radical (unpaired) electrons. The second-order valence-corrected chi connectivity index (χ2v) is 10.7. The molecule has 1 N–H and O–H groups in total. The normalized spacial score (nSPS) is 11.6. The number of rotatable bonds is 6. The molecule has 0 atom stereocenters. The molecule has 0 bridgehead atoms. The van der Waals surface area contributed by atoms with Gasteiger partial charge in [0.2, 0.25) is 7.01 Å². The van der Waals surface area contributed by atoms with Crippen LogP contribution >= 0.6 is 21.2 Å². The van der Waals surface area contributed by atoms with Crippen LogP contribution < -0.4 is 0 Å². The fraction of sp³-hybridized carbons (Fsp3) is 0.167. The Hall–Kier alpha value is -2.27. The lowest BCUT2D eigenvalue weighted by Crippen LogP contribution is -2.10. The molecule has 0 aliphatic carbocycles. The van der Waals surface area contributed by atoms with Crippen molar-refractivity contribution in [3.63, 3.8) is 0 Å². The second-order valence-electron chi connectivity index (χ2n) is 5.99. The number of halogens is 1. The van der Waals surface area contributed by atoms with Crippen LogP contribution in [-0.4, -0.2) is 35.8 Å². The Labute approximate surface area is 168 Å². The topological polar surface area (TPSA) is 102 Å². The van der Waals surface area contributed by atoms with E-state index in [4.69, 9.17) is 0 Å². The van der Waals surface area contributed by atoms with Gasteiger partial charge < -0.3 is 9.67 Å². The van der Waals surface area contributed by atoms with Gasteiger partial charge in [-0.15, -0.1) is 0 Å². The summed E-state index contributed by atoms with van der Waals surface area (Å²) in [6.07, 6.45) is 1.75. The number of aromatic nitrogens is 2. The number of aliphatic carboxylic acids is 1. The zero-order chi connectivity index (χ0) is 19.8. The van der Waals surface area contributed by atoms with Crippen molar-refractivity contribution in [1.29, 1.82) is 0 Å². The molecule has 3 aromatic rings. The van der Waals surface area contributed by atoms with Crippen molar-refractivity contribution >= 4 is 57.5 Å². The van der Waals surface area contributed by atoms with Crippen LogP contribution in [0.15, 0.2) is 46.5 Å². The average Bonchev–Trinajstić information content (AvgIpc) is 2.86. The fourth-order valence-corrected chi connectivity index (χ4v) is 5.00. The first-order valence-electron chi connectivity index (χ1n) is 7.91. The van der Waals surface area contributed by atoms with E-state index < -0.39 is 13.0 Å². The van der Waals surface area contributed by atoms with Crippen LogP contribution in [0.3, 0.4) is 0 Å². The SMILES string of the molecule is C=Nc1ccc2c(c1)c(Cc1cccnc1S(=O)(=O)I)c(C)n2CC(=O)O. The molecule has 0 unspecified atom stereocenters. The molecule has 2 aromatic heterocycles. The summed E-state index contributed by atoms with van der Waals surface area (Å²) in [6, 6.07) is 8.80. The van der Waals surface area contributed by atoms with Gasteiger partial charge in [0.05, 0.1) is 26.9 Å². The van der Waals surface area contributed by atoms with Crippen molar-refractivity contribution in [2.75, 3.05) is 0 Å². The number of hydrogen-bond acceptors (Lipinski definition) is 5. The quantitative estimate of drug-likeness (QED) is 0.319. The largest absolute Gasteiger partial charge is 0.480 e. The maximum atomic E-state index is 12.1. The van der Waals surface area contributed by atoms with Gasteiger partial charge in [0, 0.05) is 29.2 Å². The summed E-state index contributed by atoms with van der Waals surface area (Å²) in [5.41, 5.74) is 3.56. The van der Waals surface area contributed by atoms with Gasteiger partial charge in [0.1, 0.15) is 6.54 Å². The van der Waals surface area contributed by atoms with Gasteiger partial charge in [-0.1, -0.05) is 6.07 Å². The highest BCUT2D eigenvalue weighted by atomic mass is 127. The van der Waals surface area contributed by atoms with E-state index in [1.54, 1.807) is 28.8 Å². The number of pyridine rings is 1. The van der Waals surface area contributed by atoms with Gasteiger partial charge in [-0.3, -0.25) is 9.79 Å². The van der Waals surface area contributed by atoms with E-state index in [0.29, 0.717) is 17.7 Å². The van der Waals surface area contributed by atoms with Crippen molar-refractivity contribution in [2.45, 2.75) is 24.9 Å². The number of hydrogen-bond donors (Lipinski definition) is 1. The highest BCUT2D eigenvalue weighted by Gasteiger charge is 2.21. The molecule has 0 spiro atoms. The number of nitrogens with zero attached hydrogens (tertiary/aromatic N) is 3. The van der Waals surface area contributed by atoms with Crippen LogP contribution in [0.2, 0.25) is 0 Å². The first kappa shape index (κ1) is 19.5. The van der Waals surface area contributed by atoms with Crippen molar-refractivity contribution < 1.29 is 18.3 Å². The highest BCUT2D eigenvalue weighted by molar-refractivity contribution is 14.2. The van der Waals surface area contributed by atoms with Crippen LogP contribution in [0.5, 0.6) is 0 Å². The van der Waals surface area contributed by atoms with Crippen LogP contribution in [0, 0.1) is 6.92 Å². The van der Waals surface area contributed by atoms with Crippen molar-refractivity contribution in [3.8, 4) is 0 Å². The minimum Gasteiger partial charge on any atom is -0.480 e. The summed E-state index contributed by atoms with van der Waals surface area (Å²) < 4.78 is 25.8. The minimum atomic E-state index is -3.52. The van der Waals surface area contributed by atoms with E-state index in [1.165, 1.54) is 27.4 Å².